The van der Waals surface area contributed by atoms with Gasteiger partial charge < -0.3 is 10.1 Å². The number of rotatable bonds is 3. The Morgan fingerprint density at radius 2 is 1.34 bits per heavy atom. The fraction of sp³-hybridized carbons (Fsp3) is 0.0769. The summed E-state index contributed by atoms with van der Waals surface area (Å²) in [7, 11) is 0. The van der Waals surface area contributed by atoms with Crippen LogP contribution in [0, 0.1) is 12.1 Å². The second-order valence-electron chi connectivity index (χ2n) is 6.24. The first kappa shape index (κ1) is 26.6. The van der Waals surface area contributed by atoms with Crippen LogP contribution in [0.5, 0.6) is 0 Å². The first-order valence-corrected chi connectivity index (χ1v) is 9.56. The molecule has 0 saturated heterocycles. The molecule has 0 bridgehead atoms. The molecule has 2 heterocycles. The first-order chi connectivity index (χ1) is 15.1. The summed E-state index contributed by atoms with van der Waals surface area (Å²) in [6.45, 7) is 2.85. The molecule has 2 aromatic heterocycles. The van der Waals surface area contributed by atoms with Crippen LogP contribution in [0.2, 0.25) is 0 Å². The fourth-order valence-corrected chi connectivity index (χ4v) is 2.34. The van der Waals surface area contributed by atoms with Gasteiger partial charge in [-0.1, -0.05) is 12.1 Å². The molecule has 0 atom stereocenters. The number of nitrogens with zero attached hydrogens (tertiary/aromatic N) is 3. The zero-order valence-electron chi connectivity index (χ0n) is 17.8. The Bertz CT molecular complexity index is 905. The average Bonchev–Trinajstić information content (AvgIpc) is 2.81. The van der Waals surface area contributed by atoms with E-state index in [0.29, 0.717) is 0 Å². The molecule has 0 aliphatic heterocycles. The van der Waals surface area contributed by atoms with Gasteiger partial charge in [0.1, 0.15) is 0 Å². The van der Waals surface area contributed by atoms with Gasteiger partial charge in [0.25, 0.3) is 0 Å². The van der Waals surface area contributed by atoms with Crippen LogP contribution in [0.25, 0.3) is 22.6 Å². The summed E-state index contributed by atoms with van der Waals surface area (Å²) in [5, 5.41) is 8.36. The van der Waals surface area contributed by atoms with Crippen molar-refractivity contribution in [3.05, 3.63) is 115 Å². The summed E-state index contributed by atoms with van der Waals surface area (Å²) in [6.07, 6.45) is 6.41. The van der Waals surface area contributed by atoms with E-state index in [1.165, 1.54) is 19.9 Å². The molecule has 5 nitrogen and oxygen atoms in total. The van der Waals surface area contributed by atoms with E-state index in [4.69, 9.17) is 5.11 Å². The maximum atomic E-state index is 10.0. The van der Waals surface area contributed by atoms with E-state index in [1.807, 2.05) is 66.7 Å². The maximum absolute atomic E-state index is 10.0. The molecular weight excluding hydrogens is 579 g/mol. The Hall–Kier alpha value is -3.47. The van der Waals surface area contributed by atoms with Gasteiger partial charge in [0.2, 0.25) is 0 Å². The number of aliphatic hydroxyl groups excluding tert-OH is 1. The van der Waals surface area contributed by atoms with Crippen molar-refractivity contribution in [2.24, 2.45) is 0 Å². The normalized spacial score (nSPS) is 9.75. The summed E-state index contributed by atoms with van der Waals surface area (Å²) in [5.41, 5.74) is 2.94. The zero-order valence-corrected chi connectivity index (χ0v) is 20.2. The minimum atomic E-state index is -0.125. The summed E-state index contributed by atoms with van der Waals surface area (Å²) in [5.74, 6) is 0.658. The van der Waals surface area contributed by atoms with Crippen LogP contribution in [-0.2, 0) is 24.9 Å². The monoisotopic (exact) mass is 602 g/mol. The van der Waals surface area contributed by atoms with E-state index in [9.17, 15) is 4.79 Å². The Balaban J connectivity index is 0.000000246. The largest absolute Gasteiger partial charge is 0.512 e. The minimum absolute atomic E-state index is 0. The van der Waals surface area contributed by atoms with Crippen LogP contribution < -0.4 is 0 Å². The summed E-state index contributed by atoms with van der Waals surface area (Å²) >= 11 is 0. The molecule has 4 aromatic rings. The van der Waals surface area contributed by atoms with Gasteiger partial charge in [0, 0.05) is 44.8 Å². The third kappa shape index (κ3) is 10.5. The van der Waals surface area contributed by atoms with Gasteiger partial charge in [-0.3, -0.25) is 14.8 Å². The molecule has 0 aliphatic rings. The second-order valence-corrected chi connectivity index (χ2v) is 6.24. The van der Waals surface area contributed by atoms with Crippen molar-refractivity contribution < 1.29 is 30.0 Å². The van der Waals surface area contributed by atoms with E-state index in [1.54, 1.807) is 24.7 Å². The molecule has 0 fully saturated rings. The van der Waals surface area contributed by atoms with Crippen molar-refractivity contribution >= 4 is 5.78 Å². The van der Waals surface area contributed by atoms with Gasteiger partial charge in [-0.2, -0.15) is 0 Å². The number of pyridine rings is 1. The van der Waals surface area contributed by atoms with E-state index in [2.05, 4.69) is 27.1 Å². The Morgan fingerprint density at radius 3 is 1.78 bits per heavy atom. The van der Waals surface area contributed by atoms with E-state index in [-0.39, 0.29) is 31.6 Å². The number of hydrogen-bond donors (Lipinski definition) is 1. The summed E-state index contributed by atoms with van der Waals surface area (Å²) in [6, 6.07) is 29.3. The molecule has 165 valence electrons. The van der Waals surface area contributed by atoms with Crippen molar-refractivity contribution in [1.29, 1.82) is 0 Å². The third-order valence-corrected chi connectivity index (χ3v) is 3.58. The molecular formula is C26H23IrN3O2-2. The predicted molar refractivity (Wildman–Crippen MR) is 122 cm³/mol. The van der Waals surface area contributed by atoms with Gasteiger partial charge in [0.05, 0.1) is 11.6 Å². The number of benzene rings is 2. The molecule has 1 N–H and O–H groups in total. The Morgan fingerprint density at radius 1 is 0.781 bits per heavy atom. The van der Waals surface area contributed by atoms with Gasteiger partial charge >= 0.3 is 0 Å². The minimum Gasteiger partial charge on any atom is -0.512 e. The molecule has 4 rings (SSSR count). The molecule has 1 radical (unpaired) electrons. The quantitative estimate of drug-likeness (QED) is 0.190. The summed E-state index contributed by atoms with van der Waals surface area (Å²) in [4.78, 5) is 22.4. The maximum Gasteiger partial charge on any atom is 0.155 e. The number of carbonyl (C=O) groups is 1. The van der Waals surface area contributed by atoms with Crippen LogP contribution in [0.4, 0.5) is 0 Å². The average molecular weight is 602 g/mol. The number of aromatic nitrogens is 3. The van der Waals surface area contributed by atoms with Crippen LogP contribution >= 0.6 is 0 Å². The van der Waals surface area contributed by atoms with E-state index in [0.717, 1.165) is 22.6 Å². The second kappa shape index (κ2) is 15.3. The van der Waals surface area contributed by atoms with Crippen LogP contribution in [0.15, 0.2) is 103 Å². The zero-order chi connectivity index (χ0) is 22.3. The van der Waals surface area contributed by atoms with Crippen molar-refractivity contribution in [1.82, 2.24) is 15.0 Å². The van der Waals surface area contributed by atoms with Crippen molar-refractivity contribution in [3.8, 4) is 22.6 Å². The summed E-state index contributed by atoms with van der Waals surface area (Å²) < 4.78 is 0. The molecule has 0 saturated carbocycles. The SMILES string of the molecule is CC(=O)/C=C(/C)O.[Ir].[c-]1ccccc1-c1ccccn1.[c-]1ccccc1-c1ncccn1. The van der Waals surface area contributed by atoms with E-state index >= 15 is 0 Å². The van der Waals surface area contributed by atoms with Crippen LogP contribution in [0.3, 0.4) is 0 Å². The molecule has 0 amide bonds. The van der Waals surface area contributed by atoms with Gasteiger partial charge in [-0.05, 0) is 31.7 Å². The Labute approximate surface area is 202 Å². The first-order valence-electron chi connectivity index (χ1n) is 9.56. The number of allylic oxidation sites excluding steroid dienone is 2. The van der Waals surface area contributed by atoms with Crippen molar-refractivity contribution in [3.63, 3.8) is 0 Å². The molecule has 32 heavy (non-hydrogen) atoms. The smallest absolute Gasteiger partial charge is 0.155 e. The molecule has 2 aromatic carbocycles. The third-order valence-electron chi connectivity index (χ3n) is 3.58. The molecule has 6 heteroatoms. The fourth-order valence-electron chi connectivity index (χ4n) is 2.34. The van der Waals surface area contributed by atoms with Gasteiger partial charge in [-0.15, -0.1) is 71.8 Å². The van der Waals surface area contributed by atoms with Gasteiger partial charge in [0.15, 0.2) is 5.78 Å². The van der Waals surface area contributed by atoms with Crippen LogP contribution in [0.1, 0.15) is 13.8 Å². The van der Waals surface area contributed by atoms with E-state index < -0.39 is 0 Å². The molecule has 0 spiro atoms. The van der Waals surface area contributed by atoms with Crippen molar-refractivity contribution in [2.75, 3.05) is 0 Å². The molecule has 0 aliphatic carbocycles. The number of aliphatic hydroxyl groups is 1. The number of ketones is 1. The topological polar surface area (TPSA) is 76.0 Å². The van der Waals surface area contributed by atoms with Crippen molar-refractivity contribution in [2.45, 2.75) is 13.8 Å². The van der Waals surface area contributed by atoms with Crippen LogP contribution in [-0.4, -0.2) is 25.8 Å². The standard InChI is InChI=1S/C11H8N.C10H7N2.C5H8O2.Ir/c1-2-6-10(7-3-1)11-8-4-5-9-12-11;1-2-5-9(6-3-1)10-11-7-4-8-12-10;1-4(6)3-5(2)7;/h1-6,8-9H;1-5,7-8H;3,6H,1-2H3;/q2*-1;;/b;;4-3-;. The van der Waals surface area contributed by atoms with Gasteiger partial charge in [-0.25, -0.2) is 0 Å². The molecule has 0 unspecified atom stereocenters. The Kier molecular flexibility index (Phi) is 12.7. The number of hydrogen-bond acceptors (Lipinski definition) is 5. The predicted octanol–water partition coefficient (Wildman–Crippen LogP) is 5.53. The number of carbonyl (C=O) groups excluding carboxylic acids is 1.